The highest BCUT2D eigenvalue weighted by Crippen LogP contribution is 2.13. The maximum atomic E-state index is 11.6. The summed E-state index contributed by atoms with van der Waals surface area (Å²) >= 11 is 0. The summed E-state index contributed by atoms with van der Waals surface area (Å²) in [5.74, 6) is 0. The predicted molar refractivity (Wildman–Crippen MR) is 83.2 cm³/mol. The van der Waals surface area contributed by atoms with Crippen molar-refractivity contribution in [2.75, 3.05) is 18.5 Å². The largest absolute Gasteiger partial charge is 0.505 e. The van der Waals surface area contributed by atoms with Gasteiger partial charge in [-0.25, -0.2) is 9.59 Å². The van der Waals surface area contributed by atoms with Crippen LogP contribution in [-0.2, 0) is 15.9 Å². The van der Waals surface area contributed by atoms with Crippen molar-refractivity contribution in [1.82, 2.24) is 0 Å². The highest BCUT2D eigenvalue weighted by Gasteiger charge is 2.04. The molecule has 0 unspecified atom stereocenters. The lowest BCUT2D eigenvalue weighted by molar-refractivity contribution is 0.0901. The monoisotopic (exact) mass is 309 g/mol. The van der Waals surface area contributed by atoms with Gasteiger partial charge in [0, 0.05) is 5.69 Å². The number of nitrogens with one attached hydrogen (secondary N) is 1. The van der Waals surface area contributed by atoms with Crippen molar-refractivity contribution in [1.29, 1.82) is 0 Å². The van der Waals surface area contributed by atoms with Gasteiger partial charge in [-0.3, -0.25) is 5.32 Å². The third kappa shape index (κ3) is 8.14. The van der Waals surface area contributed by atoms with Crippen molar-refractivity contribution in [3.8, 4) is 0 Å². The van der Waals surface area contributed by atoms with Crippen molar-refractivity contribution in [2.24, 2.45) is 0 Å². The van der Waals surface area contributed by atoms with Gasteiger partial charge in [-0.1, -0.05) is 25.5 Å². The van der Waals surface area contributed by atoms with Crippen molar-refractivity contribution >= 4 is 17.9 Å². The Morgan fingerprint density at radius 3 is 2.64 bits per heavy atom. The van der Waals surface area contributed by atoms with Crippen LogP contribution in [0.3, 0.4) is 0 Å². The minimum Gasteiger partial charge on any atom is -0.450 e. The van der Waals surface area contributed by atoms with Gasteiger partial charge in [0.05, 0.1) is 13.2 Å². The molecule has 22 heavy (non-hydrogen) atoms. The van der Waals surface area contributed by atoms with Gasteiger partial charge < -0.3 is 14.6 Å². The van der Waals surface area contributed by atoms with Gasteiger partial charge in [-0.2, -0.15) is 0 Å². The van der Waals surface area contributed by atoms with E-state index in [2.05, 4.69) is 10.1 Å². The normalized spacial score (nSPS) is 10.0. The van der Waals surface area contributed by atoms with E-state index in [1.54, 1.807) is 6.07 Å². The Labute approximate surface area is 130 Å². The van der Waals surface area contributed by atoms with E-state index in [1.807, 2.05) is 25.1 Å². The standard InChI is InChI=1S/C16H23NO5/c1-2-3-10-21-15(18)17-14-9-6-8-13(12-14)7-4-5-11-22-16(19)20/h6,8-9,12H,2-5,7,10-11H2,1H3,(H,17,18)(H,19,20). The van der Waals surface area contributed by atoms with Crippen molar-refractivity contribution in [2.45, 2.75) is 39.0 Å². The highest BCUT2D eigenvalue weighted by molar-refractivity contribution is 5.84. The summed E-state index contributed by atoms with van der Waals surface area (Å²) in [4.78, 5) is 21.8. The molecule has 1 aromatic rings. The molecule has 0 fully saturated rings. The Morgan fingerprint density at radius 2 is 1.91 bits per heavy atom. The fourth-order valence-electron chi connectivity index (χ4n) is 1.86. The molecule has 0 aliphatic heterocycles. The van der Waals surface area contributed by atoms with E-state index in [1.165, 1.54) is 0 Å². The van der Waals surface area contributed by atoms with E-state index in [0.717, 1.165) is 31.2 Å². The van der Waals surface area contributed by atoms with Gasteiger partial charge in [0.1, 0.15) is 0 Å². The van der Waals surface area contributed by atoms with Gasteiger partial charge in [0.15, 0.2) is 0 Å². The van der Waals surface area contributed by atoms with Crippen LogP contribution in [0.25, 0.3) is 0 Å². The molecule has 6 heteroatoms. The second kappa shape index (κ2) is 10.5. The summed E-state index contributed by atoms with van der Waals surface area (Å²) < 4.78 is 9.49. The summed E-state index contributed by atoms with van der Waals surface area (Å²) in [6.07, 6.45) is 2.43. The van der Waals surface area contributed by atoms with E-state index < -0.39 is 12.2 Å². The zero-order chi connectivity index (χ0) is 16.2. The minimum atomic E-state index is -1.24. The van der Waals surface area contributed by atoms with Crippen molar-refractivity contribution in [3.05, 3.63) is 29.8 Å². The molecule has 6 nitrogen and oxygen atoms in total. The molecule has 0 aliphatic rings. The van der Waals surface area contributed by atoms with Crippen LogP contribution < -0.4 is 5.32 Å². The molecule has 0 aromatic heterocycles. The number of amides is 1. The fourth-order valence-corrected chi connectivity index (χ4v) is 1.86. The lowest BCUT2D eigenvalue weighted by Crippen LogP contribution is -2.14. The van der Waals surface area contributed by atoms with E-state index in [9.17, 15) is 9.59 Å². The smallest absolute Gasteiger partial charge is 0.450 e. The number of aryl methyl sites for hydroxylation is 1. The molecule has 0 saturated heterocycles. The number of anilines is 1. The first-order valence-electron chi connectivity index (χ1n) is 7.50. The topological polar surface area (TPSA) is 84.9 Å². The van der Waals surface area contributed by atoms with Crippen LogP contribution in [0.15, 0.2) is 24.3 Å². The maximum absolute atomic E-state index is 11.6. The third-order valence-electron chi connectivity index (χ3n) is 2.99. The van der Waals surface area contributed by atoms with Crippen LogP contribution in [0.4, 0.5) is 15.3 Å². The number of rotatable bonds is 9. The number of carbonyl (C=O) groups excluding carboxylic acids is 1. The Balaban J connectivity index is 2.32. The average molecular weight is 309 g/mol. The fraction of sp³-hybridized carbons (Fsp3) is 0.500. The molecule has 0 heterocycles. The first-order valence-corrected chi connectivity index (χ1v) is 7.50. The molecule has 122 valence electrons. The van der Waals surface area contributed by atoms with E-state index >= 15 is 0 Å². The molecule has 1 aromatic carbocycles. The Kier molecular flexibility index (Phi) is 8.49. The molecule has 0 atom stereocenters. The van der Waals surface area contributed by atoms with Crippen LogP contribution in [0, 0.1) is 0 Å². The Hall–Kier alpha value is -2.24. The van der Waals surface area contributed by atoms with E-state index in [-0.39, 0.29) is 6.61 Å². The second-order valence-corrected chi connectivity index (χ2v) is 4.89. The molecular weight excluding hydrogens is 286 g/mol. The summed E-state index contributed by atoms with van der Waals surface area (Å²) in [6, 6.07) is 7.52. The van der Waals surface area contributed by atoms with Crippen LogP contribution in [0.2, 0.25) is 0 Å². The third-order valence-corrected chi connectivity index (χ3v) is 2.99. The Morgan fingerprint density at radius 1 is 1.14 bits per heavy atom. The summed E-state index contributed by atoms with van der Waals surface area (Å²) in [7, 11) is 0. The average Bonchev–Trinajstić information content (AvgIpc) is 2.47. The van der Waals surface area contributed by atoms with Gasteiger partial charge in [-0.05, 0) is 43.4 Å². The van der Waals surface area contributed by atoms with Crippen LogP contribution in [0.1, 0.15) is 38.2 Å². The van der Waals surface area contributed by atoms with Crippen LogP contribution >= 0.6 is 0 Å². The highest BCUT2D eigenvalue weighted by atomic mass is 16.7. The van der Waals surface area contributed by atoms with Gasteiger partial charge >= 0.3 is 12.2 Å². The number of carboxylic acid groups (broad SMARTS) is 1. The van der Waals surface area contributed by atoms with E-state index in [4.69, 9.17) is 9.84 Å². The summed E-state index contributed by atoms with van der Waals surface area (Å²) in [5.41, 5.74) is 1.77. The second-order valence-electron chi connectivity index (χ2n) is 4.89. The molecule has 2 N–H and O–H groups in total. The molecule has 0 aliphatic carbocycles. The molecular formula is C16H23NO5. The SMILES string of the molecule is CCCCOC(=O)Nc1cccc(CCCCOC(=O)O)c1. The van der Waals surface area contributed by atoms with Crippen molar-refractivity contribution < 1.29 is 24.2 Å². The van der Waals surface area contributed by atoms with Crippen LogP contribution in [0.5, 0.6) is 0 Å². The first kappa shape index (κ1) is 17.8. The molecule has 0 spiro atoms. The number of hydrogen-bond acceptors (Lipinski definition) is 4. The van der Waals surface area contributed by atoms with E-state index in [0.29, 0.717) is 18.7 Å². The summed E-state index contributed by atoms with van der Waals surface area (Å²) in [5, 5.41) is 11.0. The molecule has 0 saturated carbocycles. The number of hydrogen-bond donors (Lipinski definition) is 2. The molecule has 1 amide bonds. The number of ether oxygens (including phenoxy) is 2. The maximum Gasteiger partial charge on any atom is 0.505 e. The number of benzene rings is 1. The number of unbranched alkanes of at least 4 members (excludes halogenated alkanes) is 2. The zero-order valence-electron chi connectivity index (χ0n) is 12.8. The lowest BCUT2D eigenvalue weighted by atomic mass is 10.1. The molecule has 0 radical (unpaired) electrons. The van der Waals surface area contributed by atoms with Gasteiger partial charge in [0.25, 0.3) is 0 Å². The first-order chi connectivity index (χ1) is 10.6. The minimum absolute atomic E-state index is 0.205. The molecule has 1 rings (SSSR count). The van der Waals surface area contributed by atoms with Crippen LogP contribution in [-0.4, -0.2) is 30.6 Å². The van der Waals surface area contributed by atoms with Gasteiger partial charge in [0.2, 0.25) is 0 Å². The predicted octanol–water partition coefficient (Wildman–Crippen LogP) is 4.05. The van der Waals surface area contributed by atoms with Crippen molar-refractivity contribution in [3.63, 3.8) is 0 Å². The zero-order valence-corrected chi connectivity index (χ0v) is 12.8. The lowest BCUT2D eigenvalue weighted by Gasteiger charge is -2.08. The quantitative estimate of drug-likeness (QED) is 0.531. The molecule has 0 bridgehead atoms. The summed E-state index contributed by atoms with van der Waals surface area (Å²) in [6.45, 7) is 2.66. The Bertz CT molecular complexity index is 475. The number of carbonyl (C=O) groups is 2. The van der Waals surface area contributed by atoms with Gasteiger partial charge in [-0.15, -0.1) is 0 Å².